The summed E-state index contributed by atoms with van der Waals surface area (Å²) in [5.41, 5.74) is 0.851. The number of aliphatic hydroxyl groups is 1. The van der Waals surface area contributed by atoms with Gasteiger partial charge in [-0.25, -0.2) is 0 Å². The van der Waals surface area contributed by atoms with Crippen molar-refractivity contribution >= 4 is 23.2 Å². The number of aliphatic hydroxyl groups excluding tert-OH is 1. The summed E-state index contributed by atoms with van der Waals surface area (Å²) in [6.45, 7) is 0. The van der Waals surface area contributed by atoms with Crippen LogP contribution in [0.1, 0.15) is 17.5 Å². The molecule has 2 aromatic rings. The third-order valence-corrected chi connectivity index (χ3v) is 2.62. The summed E-state index contributed by atoms with van der Waals surface area (Å²) < 4.78 is 0. The normalized spacial score (nSPS) is 12.4. The highest BCUT2D eigenvalue weighted by Gasteiger charge is 2.15. The van der Waals surface area contributed by atoms with Gasteiger partial charge in [-0.3, -0.25) is 9.97 Å². The molecular weight excluding hydrogens is 247 g/mol. The van der Waals surface area contributed by atoms with E-state index in [0.717, 1.165) is 0 Å². The Labute approximate surface area is 103 Å². The van der Waals surface area contributed by atoms with E-state index in [1.54, 1.807) is 30.5 Å². The van der Waals surface area contributed by atoms with Crippen LogP contribution >= 0.6 is 23.2 Å². The highest BCUT2D eigenvalue weighted by atomic mass is 35.5. The maximum atomic E-state index is 10.0. The fourth-order valence-corrected chi connectivity index (χ4v) is 1.62. The molecule has 0 aliphatic carbocycles. The predicted octanol–water partition coefficient (Wildman–Crippen LogP) is 2.87. The first kappa shape index (κ1) is 11.3. The maximum absolute atomic E-state index is 10.0. The summed E-state index contributed by atoms with van der Waals surface area (Å²) in [7, 11) is 0. The van der Waals surface area contributed by atoms with Gasteiger partial charge in [0.15, 0.2) is 0 Å². The minimum absolute atomic E-state index is 0.388. The Kier molecular flexibility index (Phi) is 3.39. The second-order valence-corrected chi connectivity index (χ2v) is 4.02. The van der Waals surface area contributed by atoms with Gasteiger partial charge in [-0.15, -0.1) is 0 Å². The van der Waals surface area contributed by atoms with Gasteiger partial charge in [-0.1, -0.05) is 23.2 Å². The van der Waals surface area contributed by atoms with Gasteiger partial charge in [0, 0.05) is 12.4 Å². The molecule has 0 amide bonds. The molecule has 0 bridgehead atoms. The molecule has 1 unspecified atom stereocenters. The second-order valence-electron chi connectivity index (χ2n) is 3.17. The van der Waals surface area contributed by atoms with Gasteiger partial charge in [0.1, 0.15) is 6.10 Å². The molecule has 2 aromatic heterocycles. The van der Waals surface area contributed by atoms with Crippen molar-refractivity contribution < 1.29 is 5.11 Å². The Bertz CT molecular complexity index is 488. The zero-order valence-corrected chi connectivity index (χ0v) is 9.65. The summed E-state index contributed by atoms with van der Waals surface area (Å²) in [6, 6.07) is 6.67. The Morgan fingerprint density at radius 1 is 1.12 bits per heavy atom. The summed E-state index contributed by atoms with van der Waals surface area (Å²) in [5, 5.41) is 10.9. The minimum Gasteiger partial charge on any atom is -0.380 e. The lowest BCUT2D eigenvalue weighted by molar-refractivity contribution is 0.210. The average Bonchev–Trinajstić information content (AvgIpc) is 2.30. The van der Waals surface area contributed by atoms with Crippen LogP contribution in [-0.4, -0.2) is 15.1 Å². The van der Waals surface area contributed by atoms with Crippen molar-refractivity contribution in [2.45, 2.75) is 6.10 Å². The highest BCUT2D eigenvalue weighted by Crippen LogP contribution is 2.25. The van der Waals surface area contributed by atoms with Crippen molar-refractivity contribution in [1.82, 2.24) is 9.97 Å². The van der Waals surface area contributed by atoms with E-state index in [1.807, 2.05) is 0 Å². The third-order valence-electron chi connectivity index (χ3n) is 2.08. The predicted molar refractivity (Wildman–Crippen MR) is 62.6 cm³/mol. The van der Waals surface area contributed by atoms with Gasteiger partial charge in [0.2, 0.25) is 0 Å². The number of aromatic nitrogens is 2. The van der Waals surface area contributed by atoms with Crippen molar-refractivity contribution in [3.8, 4) is 0 Å². The van der Waals surface area contributed by atoms with E-state index in [2.05, 4.69) is 9.97 Å². The van der Waals surface area contributed by atoms with E-state index < -0.39 is 6.10 Å². The molecule has 1 N–H and O–H groups in total. The Balaban J connectivity index is 2.35. The molecule has 0 saturated carbocycles. The minimum atomic E-state index is -0.939. The fourth-order valence-electron chi connectivity index (χ4n) is 1.29. The lowest BCUT2D eigenvalue weighted by atomic mass is 10.1. The SMILES string of the molecule is OC(c1ccc(Cl)cn1)c1ncccc1Cl. The summed E-state index contributed by atoms with van der Waals surface area (Å²) in [4.78, 5) is 8.04. The number of nitrogens with zero attached hydrogens (tertiary/aromatic N) is 2. The largest absolute Gasteiger partial charge is 0.380 e. The second kappa shape index (κ2) is 4.78. The number of pyridine rings is 2. The topological polar surface area (TPSA) is 46.0 Å². The first-order chi connectivity index (χ1) is 7.68. The molecule has 3 nitrogen and oxygen atoms in total. The zero-order chi connectivity index (χ0) is 11.5. The molecule has 0 aliphatic heterocycles. The Morgan fingerprint density at radius 3 is 2.56 bits per heavy atom. The molecule has 0 aromatic carbocycles. The quantitative estimate of drug-likeness (QED) is 0.897. The smallest absolute Gasteiger partial charge is 0.139 e. The first-order valence-electron chi connectivity index (χ1n) is 4.58. The van der Waals surface area contributed by atoms with Gasteiger partial charge in [0.05, 0.1) is 21.4 Å². The van der Waals surface area contributed by atoms with Gasteiger partial charge in [0.25, 0.3) is 0 Å². The van der Waals surface area contributed by atoms with Crippen molar-refractivity contribution in [2.75, 3.05) is 0 Å². The van der Waals surface area contributed by atoms with Crippen molar-refractivity contribution in [3.05, 3.63) is 58.1 Å². The molecule has 2 heterocycles. The molecule has 0 fully saturated rings. The van der Waals surface area contributed by atoms with Crippen LogP contribution in [0.3, 0.4) is 0 Å². The highest BCUT2D eigenvalue weighted by molar-refractivity contribution is 6.31. The van der Waals surface area contributed by atoms with E-state index in [0.29, 0.717) is 21.4 Å². The van der Waals surface area contributed by atoms with Crippen LogP contribution in [0.4, 0.5) is 0 Å². The van der Waals surface area contributed by atoms with Crippen LogP contribution < -0.4 is 0 Å². The number of rotatable bonds is 2. The van der Waals surface area contributed by atoms with E-state index >= 15 is 0 Å². The lowest BCUT2D eigenvalue weighted by Crippen LogP contribution is -2.04. The van der Waals surface area contributed by atoms with E-state index in [4.69, 9.17) is 23.2 Å². The molecule has 0 spiro atoms. The summed E-state index contributed by atoms with van der Waals surface area (Å²) >= 11 is 11.6. The monoisotopic (exact) mass is 254 g/mol. The molecule has 0 saturated heterocycles. The molecule has 2 rings (SSSR count). The average molecular weight is 255 g/mol. The summed E-state index contributed by atoms with van der Waals surface area (Å²) in [6.07, 6.45) is 2.10. The molecule has 5 heteroatoms. The first-order valence-corrected chi connectivity index (χ1v) is 5.34. The maximum Gasteiger partial charge on any atom is 0.139 e. The van der Waals surface area contributed by atoms with Gasteiger partial charge < -0.3 is 5.11 Å². The van der Waals surface area contributed by atoms with Crippen LogP contribution in [0, 0.1) is 0 Å². The van der Waals surface area contributed by atoms with Crippen molar-refractivity contribution in [1.29, 1.82) is 0 Å². The number of halogens is 2. The van der Waals surface area contributed by atoms with Crippen molar-refractivity contribution in [2.24, 2.45) is 0 Å². The van der Waals surface area contributed by atoms with Gasteiger partial charge in [-0.05, 0) is 24.3 Å². The molecule has 0 radical (unpaired) electrons. The van der Waals surface area contributed by atoms with E-state index in [1.165, 1.54) is 6.20 Å². The van der Waals surface area contributed by atoms with Crippen LogP contribution in [0.5, 0.6) is 0 Å². The van der Waals surface area contributed by atoms with Crippen molar-refractivity contribution in [3.63, 3.8) is 0 Å². The van der Waals surface area contributed by atoms with Crippen LogP contribution in [-0.2, 0) is 0 Å². The number of hydrogen-bond acceptors (Lipinski definition) is 3. The molecule has 0 aliphatic rings. The Hall–Kier alpha value is -1.16. The third kappa shape index (κ3) is 2.32. The summed E-state index contributed by atoms with van der Waals surface area (Å²) in [5.74, 6) is 0. The molecule has 82 valence electrons. The molecule has 1 atom stereocenters. The van der Waals surface area contributed by atoms with Crippen LogP contribution in [0.2, 0.25) is 10.0 Å². The standard InChI is InChI=1S/C11H8Cl2N2O/c12-7-3-4-9(15-6-7)11(16)10-8(13)2-1-5-14-10/h1-6,11,16H. The lowest BCUT2D eigenvalue weighted by Gasteiger charge is -2.10. The van der Waals surface area contributed by atoms with Crippen LogP contribution in [0.15, 0.2) is 36.7 Å². The van der Waals surface area contributed by atoms with E-state index in [9.17, 15) is 5.11 Å². The molecular formula is C11H8Cl2N2O. The number of hydrogen-bond donors (Lipinski definition) is 1. The molecule has 16 heavy (non-hydrogen) atoms. The van der Waals surface area contributed by atoms with E-state index in [-0.39, 0.29) is 0 Å². The Morgan fingerprint density at radius 2 is 1.94 bits per heavy atom. The van der Waals surface area contributed by atoms with Crippen LogP contribution in [0.25, 0.3) is 0 Å². The fraction of sp³-hybridized carbons (Fsp3) is 0.0909. The zero-order valence-electron chi connectivity index (χ0n) is 8.14. The van der Waals surface area contributed by atoms with Gasteiger partial charge >= 0.3 is 0 Å². The van der Waals surface area contributed by atoms with Gasteiger partial charge in [-0.2, -0.15) is 0 Å².